The number of amides is 5. The van der Waals surface area contributed by atoms with E-state index in [4.69, 9.17) is 4.74 Å². The van der Waals surface area contributed by atoms with Gasteiger partial charge in [0.15, 0.2) is 5.92 Å². The molecule has 3 rings (SSSR count). The minimum Gasteiger partial charge on any atom is -0.497 e. The Balaban J connectivity index is 1.74. The van der Waals surface area contributed by atoms with Crippen LogP contribution in [0.1, 0.15) is 10.4 Å². The van der Waals surface area contributed by atoms with Gasteiger partial charge in [0, 0.05) is 11.8 Å². The molecule has 1 saturated heterocycles. The number of methoxy groups -OCH3 is 1. The smallest absolute Gasteiger partial charge is 0.335 e. The molecule has 9 heteroatoms. The number of carbonyl (C=O) groups is 4. The minimum atomic E-state index is -1.36. The topological polar surface area (TPSA) is 117 Å². The molecular weight excluding hydrogens is 364 g/mol. The Morgan fingerprint density at radius 1 is 1.11 bits per heavy atom. The van der Waals surface area contributed by atoms with Crippen molar-refractivity contribution < 1.29 is 23.9 Å². The first-order valence-electron chi connectivity index (χ1n) is 8.22. The first-order valence-corrected chi connectivity index (χ1v) is 8.22. The van der Waals surface area contributed by atoms with Crippen molar-refractivity contribution >= 4 is 35.7 Å². The summed E-state index contributed by atoms with van der Waals surface area (Å²) in [6, 6.07) is 13.6. The van der Waals surface area contributed by atoms with Gasteiger partial charge < -0.3 is 4.74 Å². The zero-order valence-electron chi connectivity index (χ0n) is 14.8. The number of barbiturate groups is 1. The Hall–Kier alpha value is -4.01. The van der Waals surface area contributed by atoms with Gasteiger partial charge in [-0.1, -0.05) is 18.2 Å². The number of nitrogens with zero attached hydrogens (tertiary/aromatic N) is 2. The standard InChI is InChI=1S/C19H16N4O5/c1-28-14-9-7-13(8-10-14)23-18(26)15(17(25)21-19(23)27)11-20-22-16(24)12-5-3-2-4-6-12/h2-11,15H,1H3,(H,22,24)(H,21,25,27)/b20-11-/t15-/m1/s1. The summed E-state index contributed by atoms with van der Waals surface area (Å²) in [5.74, 6) is -2.92. The number of anilines is 1. The molecule has 1 atom stereocenters. The van der Waals surface area contributed by atoms with E-state index in [0.29, 0.717) is 11.3 Å². The molecule has 0 aliphatic carbocycles. The van der Waals surface area contributed by atoms with E-state index in [-0.39, 0.29) is 5.69 Å². The molecule has 0 radical (unpaired) electrons. The molecular formula is C19H16N4O5. The molecule has 2 aromatic rings. The summed E-state index contributed by atoms with van der Waals surface area (Å²) < 4.78 is 5.04. The van der Waals surface area contributed by atoms with E-state index in [1.54, 1.807) is 42.5 Å². The van der Waals surface area contributed by atoms with Gasteiger partial charge in [0.05, 0.1) is 12.8 Å². The van der Waals surface area contributed by atoms with Crippen molar-refractivity contribution in [2.75, 3.05) is 12.0 Å². The van der Waals surface area contributed by atoms with Crippen molar-refractivity contribution in [3.63, 3.8) is 0 Å². The number of hydrogen-bond donors (Lipinski definition) is 2. The number of hydrogen-bond acceptors (Lipinski definition) is 6. The Kier molecular flexibility index (Phi) is 5.45. The van der Waals surface area contributed by atoms with E-state index in [1.165, 1.54) is 19.2 Å². The van der Waals surface area contributed by atoms with Gasteiger partial charge in [0.25, 0.3) is 11.8 Å². The summed E-state index contributed by atoms with van der Waals surface area (Å²) in [4.78, 5) is 49.6. The molecule has 1 aliphatic heterocycles. The fourth-order valence-electron chi connectivity index (χ4n) is 2.52. The van der Waals surface area contributed by atoms with E-state index in [2.05, 4.69) is 15.8 Å². The molecule has 5 amide bonds. The largest absolute Gasteiger partial charge is 0.497 e. The Bertz CT molecular complexity index is 941. The van der Waals surface area contributed by atoms with E-state index < -0.39 is 29.7 Å². The number of benzene rings is 2. The van der Waals surface area contributed by atoms with Crippen LogP contribution in [0, 0.1) is 5.92 Å². The lowest BCUT2D eigenvalue weighted by Crippen LogP contribution is -2.58. The van der Waals surface area contributed by atoms with E-state index in [1.807, 2.05) is 0 Å². The highest BCUT2D eigenvalue weighted by Crippen LogP contribution is 2.23. The maximum Gasteiger partial charge on any atom is 0.335 e. The summed E-state index contributed by atoms with van der Waals surface area (Å²) in [6.07, 6.45) is 0.988. The molecule has 0 saturated carbocycles. The van der Waals surface area contributed by atoms with Gasteiger partial charge in [-0.25, -0.2) is 15.1 Å². The SMILES string of the molecule is COc1ccc(N2C(=O)NC(=O)[C@@H](/C=N\NC(=O)c3ccccc3)C2=O)cc1. The Morgan fingerprint density at radius 2 is 1.79 bits per heavy atom. The normalized spacial score (nSPS) is 16.8. The molecule has 1 aliphatic rings. The van der Waals surface area contributed by atoms with Crippen LogP contribution in [-0.4, -0.2) is 37.1 Å². The monoisotopic (exact) mass is 380 g/mol. The van der Waals surface area contributed by atoms with E-state index in [0.717, 1.165) is 11.1 Å². The predicted molar refractivity (Wildman–Crippen MR) is 99.9 cm³/mol. The number of carbonyl (C=O) groups excluding carboxylic acids is 4. The number of rotatable bonds is 5. The van der Waals surface area contributed by atoms with Gasteiger partial charge in [-0.05, 0) is 36.4 Å². The lowest BCUT2D eigenvalue weighted by Gasteiger charge is -2.28. The average molecular weight is 380 g/mol. The fourth-order valence-corrected chi connectivity index (χ4v) is 2.52. The summed E-state index contributed by atoms with van der Waals surface area (Å²) in [5.41, 5.74) is 2.88. The predicted octanol–water partition coefficient (Wildman–Crippen LogP) is 1.31. The van der Waals surface area contributed by atoms with Crippen molar-refractivity contribution in [3.8, 4) is 5.75 Å². The zero-order chi connectivity index (χ0) is 20.1. The highest BCUT2D eigenvalue weighted by Gasteiger charge is 2.40. The van der Waals surface area contributed by atoms with Crippen LogP contribution in [0.25, 0.3) is 0 Å². The molecule has 2 aromatic carbocycles. The quantitative estimate of drug-likeness (QED) is 0.461. The zero-order valence-corrected chi connectivity index (χ0v) is 14.8. The van der Waals surface area contributed by atoms with Crippen molar-refractivity contribution in [2.45, 2.75) is 0 Å². The highest BCUT2D eigenvalue weighted by molar-refractivity contribution is 6.32. The van der Waals surface area contributed by atoms with Crippen LogP contribution in [0.5, 0.6) is 5.75 Å². The number of urea groups is 1. The van der Waals surface area contributed by atoms with Crippen LogP contribution in [0.4, 0.5) is 10.5 Å². The third kappa shape index (κ3) is 3.88. The van der Waals surface area contributed by atoms with Gasteiger partial charge in [0.2, 0.25) is 5.91 Å². The second kappa shape index (κ2) is 8.12. The van der Waals surface area contributed by atoms with Gasteiger partial charge >= 0.3 is 6.03 Å². The Morgan fingerprint density at radius 3 is 2.43 bits per heavy atom. The first-order chi connectivity index (χ1) is 13.5. The summed E-state index contributed by atoms with van der Waals surface area (Å²) in [7, 11) is 1.49. The molecule has 28 heavy (non-hydrogen) atoms. The lowest BCUT2D eigenvalue weighted by molar-refractivity contribution is -0.131. The van der Waals surface area contributed by atoms with Crippen LogP contribution in [0.15, 0.2) is 59.7 Å². The maximum atomic E-state index is 12.7. The third-order valence-corrected chi connectivity index (χ3v) is 3.96. The van der Waals surface area contributed by atoms with E-state index in [9.17, 15) is 19.2 Å². The van der Waals surface area contributed by atoms with Crippen LogP contribution in [0.3, 0.4) is 0 Å². The number of ether oxygens (including phenoxy) is 1. The Labute approximate surface area is 160 Å². The lowest BCUT2D eigenvalue weighted by atomic mass is 10.1. The number of imide groups is 2. The average Bonchev–Trinajstić information content (AvgIpc) is 2.71. The molecule has 0 aromatic heterocycles. The maximum absolute atomic E-state index is 12.7. The minimum absolute atomic E-state index is 0.266. The number of nitrogens with one attached hydrogen (secondary N) is 2. The van der Waals surface area contributed by atoms with Crippen molar-refractivity contribution in [3.05, 3.63) is 60.2 Å². The van der Waals surface area contributed by atoms with Crippen molar-refractivity contribution in [1.82, 2.24) is 10.7 Å². The summed E-state index contributed by atoms with van der Waals surface area (Å²) >= 11 is 0. The van der Waals surface area contributed by atoms with Gasteiger partial charge in [-0.2, -0.15) is 5.10 Å². The molecule has 0 spiro atoms. The number of hydrazone groups is 1. The molecule has 0 bridgehead atoms. The summed E-state index contributed by atoms with van der Waals surface area (Å²) in [6.45, 7) is 0. The highest BCUT2D eigenvalue weighted by atomic mass is 16.5. The van der Waals surface area contributed by atoms with Crippen LogP contribution < -0.4 is 20.4 Å². The van der Waals surface area contributed by atoms with Gasteiger partial charge in [-0.3, -0.25) is 19.7 Å². The van der Waals surface area contributed by atoms with Gasteiger partial charge in [0.1, 0.15) is 5.75 Å². The summed E-state index contributed by atoms with van der Waals surface area (Å²) in [5, 5.41) is 5.79. The molecule has 2 N–H and O–H groups in total. The van der Waals surface area contributed by atoms with E-state index >= 15 is 0 Å². The molecule has 142 valence electrons. The van der Waals surface area contributed by atoms with Crippen molar-refractivity contribution in [2.24, 2.45) is 11.0 Å². The second-order valence-corrected chi connectivity index (χ2v) is 5.73. The molecule has 1 heterocycles. The third-order valence-electron chi connectivity index (χ3n) is 3.96. The van der Waals surface area contributed by atoms with Crippen LogP contribution in [0.2, 0.25) is 0 Å². The fraction of sp³-hybridized carbons (Fsp3) is 0.105. The molecule has 0 unspecified atom stereocenters. The van der Waals surface area contributed by atoms with Crippen LogP contribution in [-0.2, 0) is 9.59 Å². The first kappa shape index (κ1) is 18.8. The molecule has 1 fully saturated rings. The van der Waals surface area contributed by atoms with Gasteiger partial charge in [-0.15, -0.1) is 0 Å². The molecule has 9 nitrogen and oxygen atoms in total. The van der Waals surface area contributed by atoms with Crippen LogP contribution >= 0.6 is 0 Å². The van der Waals surface area contributed by atoms with Crippen molar-refractivity contribution in [1.29, 1.82) is 0 Å². The second-order valence-electron chi connectivity index (χ2n) is 5.73.